The molecular formula is C10H17NO. The first-order valence-corrected chi connectivity index (χ1v) is 4.61. The molecule has 68 valence electrons. The van der Waals surface area contributed by atoms with E-state index in [-0.39, 0.29) is 11.3 Å². The molecule has 0 unspecified atom stereocenters. The van der Waals surface area contributed by atoms with E-state index < -0.39 is 0 Å². The predicted molar refractivity (Wildman–Crippen MR) is 50.4 cm³/mol. The van der Waals surface area contributed by atoms with Gasteiger partial charge in [-0.3, -0.25) is 4.79 Å². The van der Waals surface area contributed by atoms with Crippen molar-refractivity contribution in [3.05, 3.63) is 0 Å². The Morgan fingerprint density at radius 3 is 2.17 bits per heavy atom. The first-order valence-electron chi connectivity index (χ1n) is 4.61. The topological polar surface area (TPSA) is 29.4 Å². The summed E-state index contributed by atoms with van der Waals surface area (Å²) in [6, 6.07) is 0. The second-order valence-corrected chi connectivity index (χ2v) is 4.13. The number of rotatable bonds is 1. The average Bonchev–Trinajstić information content (AvgIpc) is 2.36. The van der Waals surface area contributed by atoms with Crippen LogP contribution in [-0.2, 0) is 4.79 Å². The van der Waals surface area contributed by atoms with E-state index in [2.05, 4.69) is 4.99 Å². The fraction of sp³-hybridized carbons (Fsp3) is 0.800. The molecule has 0 aromatic heterocycles. The molecule has 1 aliphatic carbocycles. The fourth-order valence-corrected chi connectivity index (χ4v) is 1.71. The minimum Gasteiger partial charge on any atom is -0.272 e. The van der Waals surface area contributed by atoms with Gasteiger partial charge in [0.15, 0.2) is 0 Å². The third-order valence-corrected chi connectivity index (χ3v) is 2.55. The Balaban J connectivity index is 2.68. The molecule has 1 saturated carbocycles. The van der Waals surface area contributed by atoms with E-state index >= 15 is 0 Å². The number of hydrogen-bond acceptors (Lipinski definition) is 1. The highest BCUT2D eigenvalue weighted by Gasteiger charge is 2.35. The largest absolute Gasteiger partial charge is 0.272 e. The Morgan fingerprint density at radius 2 is 1.75 bits per heavy atom. The Kier molecular flexibility index (Phi) is 2.65. The summed E-state index contributed by atoms with van der Waals surface area (Å²) < 4.78 is 0. The van der Waals surface area contributed by atoms with Crippen LogP contribution < -0.4 is 0 Å². The summed E-state index contributed by atoms with van der Waals surface area (Å²) in [4.78, 5) is 15.6. The zero-order valence-corrected chi connectivity index (χ0v) is 8.18. The molecule has 1 fully saturated rings. The van der Waals surface area contributed by atoms with E-state index in [9.17, 15) is 4.79 Å². The van der Waals surface area contributed by atoms with Crippen LogP contribution in [0.3, 0.4) is 0 Å². The van der Waals surface area contributed by atoms with Crippen LogP contribution in [0.4, 0.5) is 0 Å². The maximum atomic E-state index is 11.6. The molecule has 0 atom stereocenters. The summed E-state index contributed by atoms with van der Waals surface area (Å²) in [6.07, 6.45) is 4.40. The zero-order valence-electron chi connectivity index (χ0n) is 8.18. The van der Waals surface area contributed by atoms with Crippen molar-refractivity contribution in [2.45, 2.75) is 46.5 Å². The second-order valence-electron chi connectivity index (χ2n) is 4.13. The van der Waals surface area contributed by atoms with Gasteiger partial charge in [-0.15, -0.1) is 0 Å². The van der Waals surface area contributed by atoms with Crippen LogP contribution in [0.5, 0.6) is 0 Å². The van der Waals surface area contributed by atoms with Gasteiger partial charge in [-0.2, -0.15) is 0 Å². The molecule has 0 N–H and O–H groups in total. The summed E-state index contributed by atoms with van der Waals surface area (Å²) in [7, 11) is 0. The molecular weight excluding hydrogens is 150 g/mol. The standard InChI is InChI=1S/C10H17NO/c1-8(2)11-9(12)10(3)6-4-5-7-10/h4-7H2,1-3H3. The first kappa shape index (κ1) is 9.43. The maximum absolute atomic E-state index is 11.6. The van der Waals surface area contributed by atoms with Gasteiger partial charge in [-0.25, -0.2) is 4.99 Å². The van der Waals surface area contributed by atoms with Crippen LogP contribution in [0.1, 0.15) is 46.5 Å². The smallest absolute Gasteiger partial charge is 0.251 e. The van der Waals surface area contributed by atoms with Crippen molar-refractivity contribution < 1.29 is 4.79 Å². The van der Waals surface area contributed by atoms with Crippen molar-refractivity contribution in [3.8, 4) is 0 Å². The molecule has 0 bridgehead atoms. The van der Waals surface area contributed by atoms with E-state index in [1.54, 1.807) is 0 Å². The van der Waals surface area contributed by atoms with Crippen LogP contribution in [0.25, 0.3) is 0 Å². The minimum atomic E-state index is -0.142. The highest BCUT2D eigenvalue weighted by Crippen LogP contribution is 2.38. The molecule has 1 aliphatic rings. The summed E-state index contributed by atoms with van der Waals surface area (Å²) in [5.41, 5.74) is 0.727. The van der Waals surface area contributed by atoms with Crippen LogP contribution in [0.2, 0.25) is 0 Å². The van der Waals surface area contributed by atoms with Crippen molar-refractivity contribution in [2.75, 3.05) is 0 Å². The number of carbonyl (C=O) groups excluding carboxylic acids is 1. The highest BCUT2D eigenvalue weighted by molar-refractivity contribution is 5.95. The molecule has 0 aliphatic heterocycles. The SMILES string of the molecule is CC(C)=NC(=O)C1(C)CCCC1. The molecule has 1 amide bonds. The lowest BCUT2D eigenvalue weighted by atomic mass is 9.88. The van der Waals surface area contributed by atoms with Crippen LogP contribution >= 0.6 is 0 Å². The Labute approximate surface area is 74.1 Å². The van der Waals surface area contributed by atoms with Crippen molar-refractivity contribution in [3.63, 3.8) is 0 Å². The second kappa shape index (κ2) is 3.38. The van der Waals surface area contributed by atoms with E-state index in [4.69, 9.17) is 0 Å². The van der Waals surface area contributed by atoms with Gasteiger partial charge >= 0.3 is 0 Å². The van der Waals surface area contributed by atoms with Crippen LogP contribution in [0, 0.1) is 5.41 Å². The third kappa shape index (κ3) is 1.93. The average molecular weight is 167 g/mol. The third-order valence-electron chi connectivity index (χ3n) is 2.55. The molecule has 0 aromatic carbocycles. The molecule has 0 spiro atoms. The van der Waals surface area contributed by atoms with E-state index in [0.717, 1.165) is 18.6 Å². The van der Waals surface area contributed by atoms with Crippen LogP contribution in [-0.4, -0.2) is 11.6 Å². The molecule has 0 radical (unpaired) electrons. The summed E-state index contributed by atoms with van der Waals surface area (Å²) in [5, 5.41) is 0. The van der Waals surface area contributed by atoms with E-state index in [1.807, 2.05) is 20.8 Å². The van der Waals surface area contributed by atoms with Crippen molar-refractivity contribution >= 4 is 11.6 Å². The number of hydrogen-bond donors (Lipinski definition) is 0. The van der Waals surface area contributed by atoms with Gasteiger partial charge in [0, 0.05) is 11.1 Å². The number of carbonyl (C=O) groups is 1. The molecule has 0 aromatic rings. The molecule has 0 saturated heterocycles. The molecule has 12 heavy (non-hydrogen) atoms. The molecule has 0 heterocycles. The lowest BCUT2D eigenvalue weighted by molar-refractivity contribution is -0.126. The predicted octanol–water partition coefficient (Wildman–Crippen LogP) is 2.57. The quantitative estimate of drug-likeness (QED) is 0.552. The Bertz CT molecular complexity index is 208. The maximum Gasteiger partial charge on any atom is 0.251 e. The summed E-state index contributed by atoms with van der Waals surface area (Å²) in [5.74, 6) is 0.0833. The highest BCUT2D eigenvalue weighted by atomic mass is 16.1. The Morgan fingerprint density at radius 1 is 1.25 bits per heavy atom. The van der Waals surface area contributed by atoms with Gasteiger partial charge in [0.2, 0.25) is 0 Å². The first-order chi connectivity index (χ1) is 5.54. The zero-order chi connectivity index (χ0) is 9.19. The van der Waals surface area contributed by atoms with Gasteiger partial charge in [-0.05, 0) is 26.7 Å². The fourth-order valence-electron chi connectivity index (χ4n) is 1.71. The Hall–Kier alpha value is -0.660. The van der Waals surface area contributed by atoms with Crippen molar-refractivity contribution in [2.24, 2.45) is 10.4 Å². The number of amides is 1. The summed E-state index contributed by atoms with van der Waals surface area (Å²) in [6.45, 7) is 5.78. The van der Waals surface area contributed by atoms with Crippen molar-refractivity contribution in [1.82, 2.24) is 0 Å². The lowest BCUT2D eigenvalue weighted by Crippen LogP contribution is -2.22. The monoisotopic (exact) mass is 167 g/mol. The lowest BCUT2D eigenvalue weighted by Gasteiger charge is -2.18. The number of aliphatic imine (C=N–C) groups is 1. The molecule has 2 heteroatoms. The summed E-state index contributed by atoms with van der Waals surface area (Å²) >= 11 is 0. The number of nitrogens with zero attached hydrogens (tertiary/aromatic N) is 1. The van der Waals surface area contributed by atoms with Crippen LogP contribution in [0.15, 0.2) is 4.99 Å². The molecule has 2 nitrogen and oxygen atoms in total. The van der Waals surface area contributed by atoms with Gasteiger partial charge in [0.05, 0.1) is 0 Å². The van der Waals surface area contributed by atoms with Crippen molar-refractivity contribution in [1.29, 1.82) is 0 Å². The molecule has 1 rings (SSSR count). The normalized spacial score (nSPS) is 20.6. The van der Waals surface area contributed by atoms with E-state index in [1.165, 1.54) is 12.8 Å². The van der Waals surface area contributed by atoms with Gasteiger partial charge in [0.1, 0.15) is 0 Å². The van der Waals surface area contributed by atoms with Gasteiger partial charge in [-0.1, -0.05) is 19.8 Å². The van der Waals surface area contributed by atoms with Gasteiger partial charge in [0.25, 0.3) is 5.91 Å². The van der Waals surface area contributed by atoms with Gasteiger partial charge < -0.3 is 0 Å². The minimum absolute atomic E-state index is 0.0833. The van der Waals surface area contributed by atoms with E-state index in [0.29, 0.717) is 0 Å².